The molecule has 1 aromatic rings. The van der Waals surface area contributed by atoms with Gasteiger partial charge in [-0.1, -0.05) is 0 Å². The minimum atomic E-state index is 0.109. The van der Waals surface area contributed by atoms with Crippen molar-refractivity contribution in [2.24, 2.45) is 11.8 Å². The van der Waals surface area contributed by atoms with Crippen molar-refractivity contribution in [3.63, 3.8) is 0 Å². The van der Waals surface area contributed by atoms with Crippen molar-refractivity contribution in [1.82, 2.24) is 24.9 Å². The predicted molar refractivity (Wildman–Crippen MR) is 96.2 cm³/mol. The van der Waals surface area contributed by atoms with Crippen LogP contribution in [0.4, 0.5) is 0 Å². The van der Waals surface area contributed by atoms with Gasteiger partial charge in [-0.15, -0.1) is 0 Å². The molecule has 1 aromatic heterocycles. The van der Waals surface area contributed by atoms with Gasteiger partial charge in [0, 0.05) is 38.3 Å². The number of fused-ring (bicyclic) bond motifs is 1. The van der Waals surface area contributed by atoms with Crippen molar-refractivity contribution in [1.29, 1.82) is 0 Å². The van der Waals surface area contributed by atoms with E-state index in [4.69, 9.17) is 0 Å². The third-order valence-electron chi connectivity index (χ3n) is 6.02. The molecule has 0 bridgehead atoms. The van der Waals surface area contributed by atoms with Crippen LogP contribution in [0, 0.1) is 11.8 Å². The summed E-state index contributed by atoms with van der Waals surface area (Å²) >= 11 is 0. The highest BCUT2D eigenvalue weighted by molar-refractivity contribution is 5.93. The number of piperidine rings is 1. The highest BCUT2D eigenvalue weighted by atomic mass is 16.2. The summed E-state index contributed by atoms with van der Waals surface area (Å²) in [5.41, 5.74) is 0.658. The first-order chi connectivity index (χ1) is 12.1. The topological polar surface area (TPSA) is 52.6 Å². The maximum Gasteiger partial charge on any atom is 0.255 e. The Bertz CT molecular complexity index is 603. The van der Waals surface area contributed by atoms with E-state index in [9.17, 15) is 4.79 Å². The smallest absolute Gasteiger partial charge is 0.255 e. The van der Waals surface area contributed by atoms with Crippen molar-refractivity contribution < 1.29 is 4.79 Å². The van der Waals surface area contributed by atoms with Crippen LogP contribution in [0.15, 0.2) is 18.5 Å². The Balaban J connectivity index is 1.44. The predicted octanol–water partition coefficient (Wildman–Crippen LogP) is 1.35. The maximum absolute atomic E-state index is 12.8. The molecule has 25 heavy (non-hydrogen) atoms. The van der Waals surface area contributed by atoms with E-state index >= 15 is 0 Å². The fourth-order valence-corrected chi connectivity index (χ4v) is 4.71. The minimum Gasteiger partial charge on any atom is -0.338 e. The summed E-state index contributed by atoms with van der Waals surface area (Å²) in [4.78, 5) is 19.9. The molecule has 2 aliphatic heterocycles. The number of aromatic nitrogens is 2. The van der Waals surface area contributed by atoms with Gasteiger partial charge in [-0.3, -0.25) is 9.69 Å². The van der Waals surface area contributed by atoms with Crippen molar-refractivity contribution in [2.45, 2.75) is 37.8 Å². The summed E-state index contributed by atoms with van der Waals surface area (Å²) in [6.45, 7) is 4.14. The molecular formula is C19H29N5O. The average molecular weight is 343 g/mol. The third kappa shape index (κ3) is 3.70. The zero-order valence-corrected chi connectivity index (χ0v) is 15.3. The number of amides is 1. The third-order valence-corrected chi connectivity index (χ3v) is 6.02. The molecule has 3 atom stereocenters. The second kappa shape index (κ2) is 7.00. The largest absolute Gasteiger partial charge is 0.338 e. The lowest BCUT2D eigenvalue weighted by Gasteiger charge is -2.39. The Morgan fingerprint density at radius 2 is 2.12 bits per heavy atom. The van der Waals surface area contributed by atoms with Crippen LogP contribution >= 0.6 is 0 Å². The van der Waals surface area contributed by atoms with Gasteiger partial charge in [0.1, 0.15) is 0 Å². The molecule has 6 nitrogen and oxygen atoms in total. The second-order valence-electron chi connectivity index (χ2n) is 8.29. The summed E-state index contributed by atoms with van der Waals surface area (Å²) in [5.74, 6) is 1.64. The molecule has 2 saturated heterocycles. The van der Waals surface area contributed by atoms with E-state index in [0.29, 0.717) is 23.6 Å². The number of likely N-dealkylation sites (N-methyl/N-ethyl adjacent to an activating group) is 1. The molecule has 3 aliphatic rings. The van der Waals surface area contributed by atoms with Crippen LogP contribution in [0.1, 0.15) is 36.0 Å². The minimum absolute atomic E-state index is 0.109. The standard InChI is InChI=1S/C19H29N5O/c1-22(2)13-17-9-16-12-23(19(25)15-5-7-20-21-10-15)8-6-18(16)24(17)11-14-3-4-14/h5,7,10,14,16-18H,3-4,6,8-9,11-13H2,1-2H3/t16-,17+,18+/m1/s1. The lowest BCUT2D eigenvalue weighted by atomic mass is 9.91. The quantitative estimate of drug-likeness (QED) is 0.808. The molecule has 0 radical (unpaired) electrons. The molecule has 0 unspecified atom stereocenters. The van der Waals surface area contributed by atoms with Gasteiger partial charge < -0.3 is 9.80 Å². The lowest BCUT2D eigenvalue weighted by molar-refractivity contribution is 0.0570. The number of likely N-dealkylation sites (tertiary alicyclic amines) is 2. The molecule has 1 aliphatic carbocycles. The van der Waals surface area contributed by atoms with Crippen LogP contribution in [0.25, 0.3) is 0 Å². The van der Waals surface area contributed by atoms with Gasteiger partial charge in [-0.2, -0.15) is 10.2 Å². The number of hydrogen-bond acceptors (Lipinski definition) is 5. The summed E-state index contributed by atoms with van der Waals surface area (Å²) in [6, 6.07) is 3.07. The van der Waals surface area contributed by atoms with Crippen LogP contribution in [0.2, 0.25) is 0 Å². The zero-order chi connectivity index (χ0) is 17.4. The maximum atomic E-state index is 12.8. The molecule has 1 saturated carbocycles. The molecule has 6 heteroatoms. The van der Waals surface area contributed by atoms with Crippen molar-refractivity contribution in [2.75, 3.05) is 40.3 Å². The average Bonchev–Trinajstić information content (AvgIpc) is 3.37. The molecular weight excluding hydrogens is 314 g/mol. The number of carbonyl (C=O) groups is 1. The summed E-state index contributed by atoms with van der Waals surface area (Å²) in [6.07, 6.45) is 8.31. The molecule has 1 amide bonds. The van der Waals surface area contributed by atoms with E-state index in [2.05, 4.69) is 34.1 Å². The van der Waals surface area contributed by atoms with Crippen LogP contribution < -0.4 is 0 Å². The summed E-state index contributed by atoms with van der Waals surface area (Å²) in [5, 5.41) is 7.63. The molecule has 4 rings (SSSR count). The Kier molecular flexibility index (Phi) is 4.73. The van der Waals surface area contributed by atoms with Crippen LogP contribution in [-0.2, 0) is 0 Å². The number of hydrogen-bond donors (Lipinski definition) is 0. The van der Waals surface area contributed by atoms with Gasteiger partial charge >= 0.3 is 0 Å². The first-order valence-corrected chi connectivity index (χ1v) is 9.58. The summed E-state index contributed by atoms with van der Waals surface area (Å²) in [7, 11) is 4.34. The normalized spacial score (nSPS) is 29.9. The molecule has 0 spiro atoms. The van der Waals surface area contributed by atoms with Crippen molar-refractivity contribution in [3.8, 4) is 0 Å². The van der Waals surface area contributed by atoms with E-state index in [1.165, 1.54) is 25.8 Å². The van der Waals surface area contributed by atoms with Crippen molar-refractivity contribution >= 4 is 5.91 Å². The fraction of sp³-hybridized carbons (Fsp3) is 0.737. The monoisotopic (exact) mass is 343 g/mol. The van der Waals surface area contributed by atoms with E-state index in [1.54, 1.807) is 18.5 Å². The Hall–Kier alpha value is -1.53. The van der Waals surface area contributed by atoms with Gasteiger partial charge in [0.25, 0.3) is 5.91 Å². The Morgan fingerprint density at radius 1 is 1.28 bits per heavy atom. The van der Waals surface area contributed by atoms with Gasteiger partial charge in [0.05, 0.1) is 18.0 Å². The van der Waals surface area contributed by atoms with Crippen LogP contribution in [-0.4, -0.2) is 83.2 Å². The van der Waals surface area contributed by atoms with Gasteiger partial charge in [0.15, 0.2) is 0 Å². The highest BCUT2D eigenvalue weighted by Crippen LogP contribution is 2.40. The lowest BCUT2D eigenvalue weighted by Crippen LogP contribution is -2.49. The number of rotatable bonds is 5. The van der Waals surface area contributed by atoms with Gasteiger partial charge in [-0.05, 0) is 57.7 Å². The SMILES string of the molecule is CN(C)C[C@@H]1C[C@@H]2CN(C(=O)c3ccnnc3)CC[C@@H]2N1CC1CC1. The van der Waals surface area contributed by atoms with E-state index in [-0.39, 0.29) is 5.91 Å². The highest BCUT2D eigenvalue weighted by Gasteiger charge is 2.46. The number of nitrogens with zero attached hydrogens (tertiary/aromatic N) is 5. The number of carbonyl (C=O) groups excluding carboxylic acids is 1. The van der Waals surface area contributed by atoms with Gasteiger partial charge in [0.2, 0.25) is 0 Å². The Labute approximate surface area is 150 Å². The zero-order valence-electron chi connectivity index (χ0n) is 15.3. The first kappa shape index (κ1) is 16.9. The fourth-order valence-electron chi connectivity index (χ4n) is 4.71. The molecule has 0 N–H and O–H groups in total. The first-order valence-electron chi connectivity index (χ1n) is 9.58. The van der Waals surface area contributed by atoms with E-state index in [1.807, 2.05) is 4.90 Å². The van der Waals surface area contributed by atoms with E-state index < -0.39 is 0 Å². The molecule has 3 heterocycles. The van der Waals surface area contributed by atoms with Crippen LogP contribution in [0.3, 0.4) is 0 Å². The summed E-state index contributed by atoms with van der Waals surface area (Å²) < 4.78 is 0. The molecule has 136 valence electrons. The van der Waals surface area contributed by atoms with Crippen LogP contribution in [0.5, 0.6) is 0 Å². The molecule has 3 fully saturated rings. The van der Waals surface area contributed by atoms with Crippen molar-refractivity contribution in [3.05, 3.63) is 24.0 Å². The van der Waals surface area contributed by atoms with Gasteiger partial charge in [-0.25, -0.2) is 0 Å². The molecule has 0 aromatic carbocycles. The second-order valence-corrected chi connectivity index (χ2v) is 8.29. The van der Waals surface area contributed by atoms with E-state index in [0.717, 1.165) is 32.0 Å². The Morgan fingerprint density at radius 3 is 2.80 bits per heavy atom.